The quantitative estimate of drug-likeness (QED) is 0.912. The van der Waals surface area contributed by atoms with E-state index in [0.717, 1.165) is 55.2 Å². The summed E-state index contributed by atoms with van der Waals surface area (Å²) >= 11 is 0. The molecule has 4 bridgehead atoms. The maximum Gasteiger partial charge on any atom is 0.240 e. The third kappa shape index (κ3) is 2.80. The van der Waals surface area contributed by atoms with Crippen LogP contribution in [0.25, 0.3) is 0 Å². The molecule has 1 N–H and O–H groups in total. The van der Waals surface area contributed by atoms with Crippen LogP contribution in [0.5, 0.6) is 0 Å². The van der Waals surface area contributed by atoms with Crippen LogP contribution in [-0.2, 0) is 10.0 Å². The van der Waals surface area contributed by atoms with Crippen molar-refractivity contribution in [2.75, 3.05) is 6.54 Å². The minimum absolute atomic E-state index is 0.0698. The first-order valence-electron chi connectivity index (χ1n) is 8.30. The fourth-order valence-electron chi connectivity index (χ4n) is 5.48. The van der Waals surface area contributed by atoms with Gasteiger partial charge in [0.2, 0.25) is 10.0 Å². The van der Waals surface area contributed by atoms with E-state index >= 15 is 0 Å². The smallest absolute Gasteiger partial charge is 0.211 e. The van der Waals surface area contributed by atoms with Crippen LogP contribution >= 0.6 is 0 Å². The molecule has 0 heterocycles. The average Bonchev–Trinajstić information content (AvgIpc) is 2.47. The molecule has 4 aliphatic carbocycles. The minimum atomic E-state index is -3.80. The molecular weight excluding hydrogens is 320 g/mol. The third-order valence-electron chi connectivity index (χ3n) is 6.00. The Morgan fingerprint density at radius 2 is 1.57 bits per heavy atom. The van der Waals surface area contributed by atoms with Crippen molar-refractivity contribution < 1.29 is 17.2 Å². The Morgan fingerprint density at radius 3 is 2.09 bits per heavy atom. The molecule has 1 aromatic carbocycles. The Kier molecular flexibility index (Phi) is 3.54. The van der Waals surface area contributed by atoms with Crippen molar-refractivity contribution in [1.29, 1.82) is 0 Å². The largest absolute Gasteiger partial charge is 0.240 e. The van der Waals surface area contributed by atoms with E-state index in [1.807, 2.05) is 0 Å². The lowest BCUT2D eigenvalue weighted by Gasteiger charge is -2.56. The van der Waals surface area contributed by atoms with Crippen LogP contribution in [0, 0.1) is 34.8 Å². The Labute approximate surface area is 135 Å². The number of hydrogen-bond acceptors (Lipinski definition) is 2. The van der Waals surface area contributed by atoms with Crippen LogP contribution in [0.1, 0.15) is 38.5 Å². The molecule has 4 aliphatic rings. The first-order valence-corrected chi connectivity index (χ1v) is 9.78. The summed E-state index contributed by atoms with van der Waals surface area (Å²) < 4.78 is 53.7. The van der Waals surface area contributed by atoms with E-state index in [4.69, 9.17) is 0 Å². The van der Waals surface area contributed by atoms with Gasteiger partial charge in [0.15, 0.2) is 11.6 Å². The van der Waals surface area contributed by atoms with Crippen molar-refractivity contribution in [3.05, 3.63) is 29.8 Å². The van der Waals surface area contributed by atoms with Gasteiger partial charge >= 0.3 is 0 Å². The standard InChI is InChI=1S/C17H21F2NO2S/c18-15-2-1-14(6-16(15)19)23(21,22)20-10-17-7-11-3-12(8-17)5-13(4-11)9-17/h1-2,6,11-13,20H,3-5,7-10H2. The van der Waals surface area contributed by atoms with Crippen molar-refractivity contribution in [2.45, 2.75) is 43.4 Å². The predicted molar refractivity (Wildman–Crippen MR) is 82.2 cm³/mol. The van der Waals surface area contributed by atoms with Crippen LogP contribution in [0.2, 0.25) is 0 Å². The molecule has 4 fully saturated rings. The van der Waals surface area contributed by atoms with Gasteiger partial charge in [0.25, 0.3) is 0 Å². The molecule has 0 spiro atoms. The third-order valence-corrected chi connectivity index (χ3v) is 7.40. The summed E-state index contributed by atoms with van der Waals surface area (Å²) in [6, 6.07) is 2.71. The van der Waals surface area contributed by atoms with Gasteiger partial charge < -0.3 is 0 Å². The molecule has 6 heteroatoms. The lowest BCUT2D eigenvalue weighted by molar-refractivity contribution is -0.0487. The van der Waals surface area contributed by atoms with Gasteiger partial charge in [-0.15, -0.1) is 0 Å². The van der Waals surface area contributed by atoms with Crippen molar-refractivity contribution >= 4 is 10.0 Å². The van der Waals surface area contributed by atoms with Gasteiger partial charge in [-0.25, -0.2) is 21.9 Å². The number of benzene rings is 1. The number of hydrogen-bond donors (Lipinski definition) is 1. The number of halogens is 2. The van der Waals surface area contributed by atoms with Gasteiger partial charge in [-0.1, -0.05) is 0 Å². The Balaban J connectivity index is 1.51. The first-order chi connectivity index (χ1) is 10.9. The van der Waals surface area contributed by atoms with Crippen LogP contribution in [0.15, 0.2) is 23.1 Å². The van der Waals surface area contributed by atoms with Crippen molar-refractivity contribution in [3.8, 4) is 0 Å². The van der Waals surface area contributed by atoms with E-state index in [2.05, 4.69) is 4.72 Å². The average molecular weight is 341 g/mol. The number of rotatable bonds is 4. The highest BCUT2D eigenvalue weighted by molar-refractivity contribution is 7.89. The Hall–Kier alpha value is -1.01. The summed E-state index contributed by atoms with van der Waals surface area (Å²) in [5, 5.41) is 0. The molecule has 0 atom stereocenters. The summed E-state index contributed by atoms with van der Waals surface area (Å²) in [6.45, 7) is 0.415. The zero-order chi connectivity index (χ0) is 16.2. The fourth-order valence-corrected chi connectivity index (χ4v) is 6.65. The lowest BCUT2D eigenvalue weighted by atomic mass is 9.50. The zero-order valence-electron chi connectivity index (χ0n) is 12.9. The second-order valence-corrected chi connectivity index (χ2v) is 9.58. The topological polar surface area (TPSA) is 46.2 Å². The van der Waals surface area contributed by atoms with Crippen LogP contribution in [0.3, 0.4) is 0 Å². The minimum Gasteiger partial charge on any atom is -0.211 e. The fraction of sp³-hybridized carbons (Fsp3) is 0.647. The second kappa shape index (κ2) is 5.24. The SMILES string of the molecule is O=S(=O)(NCC12CC3CC(CC(C3)C1)C2)c1ccc(F)c(F)c1. The van der Waals surface area contributed by atoms with Gasteiger partial charge in [0.05, 0.1) is 4.90 Å². The molecule has 0 unspecified atom stereocenters. The maximum absolute atomic E-state index is 13.3. The van der Waals surface area contributed by atoms with Gasteiger partial charge in [-0.05, 0) is 79.9 Å². The molecule has 126 valence electrons. The van der Waals surface area contributed by atoms with E-state index in [1.165, 1.54) is 19.3 Å². The highest BCUT2D eigenvalue weighted by Gasteiger charge is 2.50. The van der Waals surface area contributed by atoms with Crippen molar-refractivity contribution in [3.63, 3.8) is 0 Å². The van der Waals surface area contributed by atoms with E-state index < -0.39 is 21.7 Å². The van der Waals surface area contributed by atoms with E-state index in [0.29, 0.717) is 6.54 Å². The summed E-state index contributed by atoms with van der Waals surface area (Å²) in [5.74, 6) is 0.0600. The Morgan fingerprint density at radius 1 is 1.00 bits per heavy atom. The van der Waals surface area contributed by atoms with Crippen LogP contribution in [0.4, 0.5) is 8.78 Å². The summed E-state index contributed by atoms with van der Waals surface area (Å²) in [7, 11) is -3.80. The van der Waals surface area contributed by atoms with E-state index in [1.54, 1.807) is 0 Å². The van der Waals surface area contributed by atoms with E-state index in [-0.39, 0.29) is 10.3 Å². The molecule has 0 amide bonds. The normalized spacial score (nSPS) is 35.7. The molecule has 0 aliphatic heterocycles. The maximum atomic E-state index is 13.3. The molecule has 1 aromatic rings. The number of sulfonamides is 1. The summed E-state index contributed by atoms with van der Waals surface area (Å²) in [4.78, 5) is -0.207. The highest BCUT2D eigenvalue weighted by atomic mass is 32.2. The molecule has 4 saturated carbocycles. The molecule has 3 nitrogen and oxygen atoms in total. The number of nitrogens with one attached hydrogen (secondary N) is 1. The van der Waals surface area contributed by atoms with Gasteiger partial charge in [0, 0.05) is 6.54 Å². The second-order valence-electron chi connectivity index (χ2n) is 7.82. The first kappa shape index (κ1) is 15.5. The van der Waals surface area contributed by atoms with Gasteiger partial charge in [-0.3, -0.25) is 0 Å². The molecular formula is C17H21F2NO2S. The monoisotopic (exact) mass is 341 g/mol. The predicted octanol–water partition coefficient (Wildman–Crippen LogP) is 3.46. The van der Waals surface area contributed by atoms with Crippen molar-refractivity contribution in [2.24, 2.45) is 23.2 Å². The summed E-state index contributed by atoms with van der Waals surface area (Å²) in [6.07, 6.45) is 7.19. The summed E-state index contributed by atoms with van der Waals surface area (Å²) in [5.41, 5.74) is 0.0698. The van der Waals surface area contributed by atoms with Crippen LogP contribution < -0.4 is 4.72 Å². The van der Waals surface area contributed by atoms with Crippen molar-refractivity contribution in [1.82, 2.24) is 4.72 Å². The van der Waals surface area contributed by atoms with Crippen LogP contribution in [-0.4, -0.2) is 15.0 Å². The lowest BCUT2D eigenvalue weighted by Crippen LogP contribution is -2.51. The zero-order valence-corrected chi connectivity index (χ0v) is 13.7. The van der Waals surface area contributed by atoms with Gasteiger partial charge in [-0.2, -0.15) is 0 Å². The Bertz CT molecular complexity index is 697. The highest BCUT2D eigenvalue weighted by Crippen LogP contribution is 2.59. The molecule has 0 aromatic heterocycles. The molecule has 23 heavy (non-hydrogen) atoms. The van der Waals surface area contributed by atoms with Gasteiger partial charge in [0.1, 0.15) is 0 Å². The molecule has 0 radical (unpaired) electrons. The van der Waals surface area contributed by atoms with E-state index in [9.17, 15) is 17.2 Å². The molecule has 5 rings (SSSR count). The molecule has 0 saturated heterocycles.